The Bertz CT molecular complexity index is 780. The van der Waals surface area contributed by atoms with E-state index in [0.717, 1.165) is 32.1 Å². The average molecular weight is 538 g/mol. The van der Waals surface area contributed by atoms with Crippen LogP contribution in [0.15, 0.2) is 0 Å². The van der Waals surface area contributed by atoms with E-state index in [0.29, 0.717) is 45.1 Å². The zero-order valence-corrected chi connectivity index (χ0v) is 25.9. The van der Waals surface area contributed by atoms with Crippen molar-refractivity contribution < 1.29 is 23.9 Å². The molecule has 0 atom stereocenters. The first-order valence-corrected chi connectivity index (χ1v) is 14.3. The maximum atomic E-state index is 11.9. The molecule has 3 heterocycles. The van der Waals surface area contributed by atoms with E-state index in [1.807, 2.05) is 72.1 Å². The Morgan fingerprint density at radius 3 is 1.26 bits per heavy atom. The summed E-state index contributed by atoms with van der Waals surface area (Å²) >= 11 is 0. The highest BCUT2D eigenvalue weighted by Crippen LogP contribution is 2.23. The number of nitrogens with zero attached hydrogens (tertiary/aromatic N) is 3. The standard InChI is InChI=1S/C11H21NO.C10H17NO2.C9H17NO2/c1-9-5-7-12(8-6-9)10(13)11(2,3)4;1-10(2,3)9(13)11-6-4-8(12)5-7-11;1-9(2,3)8(11)10-4-6-12-7-5-10/h9H,5-8H2,1-4H3;4-7H2,1-3H3;4-7H2,1-3H3. The van der Waals surface area contributed by atoms with Gasteiger partial charge >= 0.3 is 0 Å². The highest BCUT2D eigenvalue weighted by atomic mass is 16.5. The third kappa shape index (κ3) is 11.8. The molecule has 0 radical (unpaired) electrons. The summed E-state index contributed by atoms with van der Waals surface area (Å²) in [4.78, 5) is 51.9. The summed E-state index contributed by atoms with van der Waals surface area (Å²) in [6.07, 6.45) is 3.40. The van der Waals surface area contributed by atoms with Gasteiger partial charge in [0, 0.05) is 68.4 Å². The predicted octanol–water partition coefficient (Wildman–Crippen LogP) is 4.41. The van der Waals surface area contributed by atoms with Gasteiger partial charge in [-0.2, -0.15) is 0 Å². The Hall–Kier alpha value is -1.96. The molecule has 3 aliphatic rings. The van der Waals surface area contributed by atoms with Crippen molar-refractivity contribution in [1.29, 1.82) is 0 Å². The van der Waals surface area contributed by atoms with Gasteiger partial charge in [-0.15, -0.1) is 0 Å². The number of rotatable bonds is 0. The summed E-state index contributed by atoms with van der Waals surface area (Å²) in [5.41, 5.74) is -0.779. The Labute approximate surface area is 231 Å². The van der Waals surface area contributed by atoms with Crippen LogP contribution in [0, 0.1) is 22.2 Å². The quantitative estimate of drug-likeness (QED) is 0.457. The van der Waals surface area contributed by atoms with Crippen molar-refractivity contribution in [2.45, 2.75) is 94.9 Å². The van der Waals surface area contributed by atoms with Gasteiger partial charge in [0.1, 0.15) is 5.78 Å². The van der Waals surface area contributed by atoms with Crippen molar-refractivity contribution in [2.75, 3.05) is 52.5 Å². The van der Waals surface area contributed by atoms with Crippen LogP contribution in [0.2, 0.25) is 0 Å². The molecular formula is C30H55N3O5. The predicted molar refractivity (Wildman–Crippen MR) is 152 cm³/mol. The SMILES string of the molecule is CC(C)(C)C(=O)N1CCC(=O)CC1.CC(C)(C)C(=O)N1CCOCC1.CC1CCN(C(=O)C(C)(C)C)CC1. The molecule has 0 aromatic carbocycles. The Kier molecular flexibility index (Phi) is 12.9. The van der Waals surface area contributed by atoms with Gasteiger partial charge in [0.05, 0.1) is 13.2 Å². The summed E-state index contributed by atoms with van der Waals surface area (Å²) in [6, 6.07) is 0. The summed E-state index contributed by atoms with van der Waals surface area (Å²) < 4.78 is 5.17. The van der Waals surface area contributed by atoms with Crippen molar-refractivity contribution in [3.63, 3.8) is 0 Å². The maximum Gasteiger partial charge on any atom is 0.228 e. The largest absolute Gasteiger partial charge is 0.378 e. The van der Waals surface area contributed by atoms with Crippen LogP contribution in [-0.4, -0.2) is 90.7 Å². The van der Waals surface area contributed by atoms with Crippen LogP contribution in [0.4, 0.5) is 0 Å². The van der Waals surface area contributed by atoms with E-state index in [1.54, 1.807) is 4.90 Å². The van der Waals surface area contributed by atoms with E-state index >= 15 is 0 Å². The lowest BCUT2D eigenvalue weighted by molar-refractivity contribution is -0.143. The molecule has 0 aromatic heterocycles. The van der Waals surface area contributed by atoms with Crippen molar-refractivity contribution in [2.24, 2.45) is 22.2 Å². The zero-order valence-electron chi connectivity index (χ0n) is 25.9. The number of piperidine rings is 2. The maximum absolute atomic E-state index is 11.9. The number of hydrogen-bond donors (Lipinski definition) is 0. The molecule has 0 aromatic rings. The normalized spacial score (nSPS) is 19.6. The summed E-state index contributed by atoms with van der Waals surface area (Å²) in [5.74, 6) is 1.76. The highest BCUT2D eigenvalue weighted by Gasteiger charge is 2.30. The second-order valence-electron chi connectivity index (χ2n) is 14.0. The molecule has 3 saturated heterocycles. The molecule has 0 N–H and O–H groups in total. The minimum Gasteiger partial charge on any atom is -0.378 e. The number of amides is 3. The van der Waals surface area contributed by atoms with Crippen LogP contribution < -0.4 is 0 Å². The minimum atomic E-state index is -0.319. The number of morpholine rings is 1. The first-order chi connectivity index (χ1) is 17.3. The number of carbonyl (C=O) groups is 4. The molecular weight excluding hydrogens is 482 g/mol. The van der Waals surface area contributed by atoms with Gasteiger partial charge in [0.2, 0.25) is 17.7 Å². The first kappa shape index (κ1) is 34.1. The topological polar surface area (TPSA) is 87.2 Å². The Balaban J connectivity index is 0.000000285. The van der Waals surface area contributed by atoms with E-state index in [9.17, 15) is 19.2 Å². The fourth-order valence-electron chi connectivity index (χ4n) is 4.36. The summed E-state index contributed by atoms with van der Waals surface area (Å²) in [5, 5.41) is 0. The van der Waals surface area contributed by atoms with E-state index in [2.05, 4.69) is 6.92 Å². The number of hydrogen-bond acceptors (Lipinski definition) is 5. The molecule has 0 spiro atoms. The molecule has 3 aliphatic heterocycles. The van der Waals surface area contributed by atoms with E-state index in [1.165, 1.54) is 12.8 Å². The van der Waals surface area contributed by atoms with Gasteiger partial charge < -0.3 is 19.4 Å². The molecule has 0 bridgehead atoms. The van der Waals surface area contributed by atoms with Crippen molar-refractivity contribution in [3.05, 3.63) is 0 Å². The molecule has 0 unspecified atom stereocenters. The van der Waals surface area contributed by atoms with Crippen LogP contribution in [0.3, 0.4) is 0 Å². The van der Waals surface area contributed by atoms with Crippen molar-refractivity contribution >= 4 is 23.5 Å². The van der Waals surface area contributed by atoms with Crippen molar-refractivity contribution in [3.8, 4) is 0 Å². The van der Waals surface area contributed by atoms with Gasteiger partial charge in [-0.3, -0.25) is 19.2 Å². The number of ether oxygens (including phenoxy) is 1. The first-order valence-electron chi connectivity index (χ1n) is 14.3. The number of likely N-dealkylation sites (tertiary alicyclic amines) is 2. The fourth-order valence-corrected chi connectivity index (χ4v) is 4.36. The third-order valence-corrected chi connectivity index (χ3v) is 6.90. The lowest BCUT2D eigenvalue weighted by Crippen LogP contribution is -2.45. The molecule has 3 amide bonds. The van der Waals surface area contributed by atoms with Crippen LogP contribution >= 0.6 is 0 Å². The average Bonchev–Trinajstić information content (AvgIpc) is 2.83. The van der Waals surface area contributed by atoms with Gasteiger partial charge in [-0.25, -0.2) is 0 Å². The highest BCUT2D eigenvalue weighted by molar-refractivity contribution is 5.85. The second kappa shape index (κ2) is 14.4. The third-order valence-electron chi connectivity index (χ3n) is 6.90. The molecule has 3 rings (SSSR count). The number of ketones is 1. The van der Waals surface area contributed by atoms with Gasteiger partial charge in [0.15, 0.2) is 0 Å². The molecule has 3 fully saturated rings. The fraction of sp³-hybridized carbons (Fsp3) is 0.867. The van der Waals surface area contributed by atoms with Crippen LogP contribution in [0.25, 0.3) is 0 Å². The summed E-state index contributed by atoms with van der Waals surface area (Å²) in [7, 11) is 0. The summed E-state index contributed by atoms with van der Waals surface area (Å²) in [6.45, 7) is 25.8. The van der Waals surface area contributed by atoms with E-state index in [-0.39, 0.29) is 33.8 Å². The van der Waals surface area contributed by atoms with Crippen LogP contribution in [-0.2, 0) is 23.9 Å². The van der Waals surface area contributed by atoms with Crippen LogP contribution in [0.5, 0.6) is 0 Å². The molecule has 8 heteroatoms. The molecule has 220 valence electrons. The van der Waals surface area contributed by atoms with Gasteiger partial charge in [-0.05, 0) is 18.8 Å². The zero-order chi connectivity index (χ0) is 29.3. The Morgan fingerprint density at radius 1 is 0.605 bits per heavy atom. The number of Topliss-reactive ketones (excluding diaryl/α,β-unsaturated/α-hetero) is 1. The smallest absolute Gasteiger partial charge is 0.228 e. The van der Waals surface area contributed by atoms with Crippen LogP contribution in [0.1, 0.15) is 94.9 Å². The molecule has 0 aliphatic carbocycles. The van der Waals surface area contributed by atoms with E-state index in [4.69, 9.17) is 4.74 Å². The number of carbonyl (C=O) groups excluding carboxylic acids is 4. The lowest BCUT2D eigenvalue weighted by atomic mass is 9.92. The minimum absolute atomic E-state index is 0.153. The van der Waals surface area contributed by atoms with Gasteiger partial charge in [0.25, 0.3) is 0 Å². The van der Waals surface area contributed by atoms with E-state index < -0.39 is 0 Å². The molecule has 0 saturated carbocycles. The monoisotopic (exact) mass is 537 g/mol. The lowest BCUT2D eigenvalue weighted by Gasteiger charge is -2.34. The second-order valence-corrected chi connectivity index (χ2v) is 14.0. The molecule has 38 heavy (non-hydrogen) atoms. The molecule has 8 nitrogen and oxygen atoms in total. The van der Waals surface area contributed by atoms with Gasteiger partial charge in [-0.1, -0.05) is 69.2 Å². The van der Waals surface area contributed by atoms with Crippen molar-refractivity contribution in [1.82, 2.24) is 14.7 Å². The Morgan fingerprint density at radius 2 is 0.921 bits per heavy atom.